The lowest BCUT2D eigenvalue weighted by Crippen LogP contribution is -2.39. The van der Waals surface area contributed by atoms with Crippen molar-refractivity contribution in [3.8, 4) is 0 Å². The number of aliphatic hydroxyl groups is 1. The SMILES string of the molecule is CC(C)CN(CCN(C)C)CC(O)CCl. The van der Waals surface area contributed by atoms with Crippen molar-refractivity contribution in [3.05, 3.63) is 0 Å². The number of hydrogen-bond donors (Lipinski definition) is 1. The predicted molar refractivity (Wildman–Crippen MR) is 66.6 cm³/mol. The van der Waals surface area contributed by atoms with Crippen molar-refractivity contribution in [2.24, 2.45) is 5.92 Å². The van der Waals surface area contributed by atoms with Gasteiger partial charge >= 0.3 is 0 Å². The quantitative estimate of drug-likeness (QED) is 0.640. The van der Waals surface area contributed by atoms with E-state index in [4.69, 9.17) is 11.6 Å². The molecule has 0 rings (SSSR count). The van der Waals surface area contributed by atoms with Gasteiger partial charge in [-0.3, -0.25) is 4.90 Å². The summed E-state index contributed by atoms with van der Waals surface area (Å²) in [5.41, 5.74) is 0. The van der Waals surface area contributed by atoms with Gasteiger partial charge in [0.05, 0.1) is 6.10 Å². The van der Waals surface area contributed by atoms with E-state index in [2.05, 4.69) is 37.7 Å². The molecule has 3 nitrogen and oxygen atoms in total. The second-order valence-corrected chi connectivity index (χ2v) is 5.07. The summed E-state index contributed by atoms with van der Waals surface area (Å²) in [6.45, 7) is 8.07. The van der Waals surface area contributed by atoms with Gasteiger partial charge in [0.15, 0.2) is 0 Å². The first-order valence-corrected chi connectivity index (χ1v) is 6.10. The molecular formula is C11H25ClN2O. The third kappa shape index (κ3) is 9.12. The van der Waals surface area contributed by atoms with Crippen LogP contribution in [0.3, 0.4) is 0 Å². The first-order valence-electron chi connectivity index (χ1n) is 5.56. The lowest BCUT2D eigenvalue weighted by molar-refractivity contribution is 0.115. The zero-order valence-corrected chi connectivity index (χ0v) is 11.2. The fraction of sp³-hybridized carbons (Fsp3) is 1.00. The summed E-state index contributed by atoms with van der Waals surface area (Å²) in [6.07, 6.45) is -0.410. The van der Waals surface area contributed by atoms with Crippen LogP contribution >= 0.6 is 11.6 Å². The van der Waals surface area contributed by atoms with E-state index in [1.807, 2.05) is 0 Å². The van der Waals surface area contributed by atoms with Crippen molar-refractivity contribution < 1.29 is 5.11 Å². The summed E-state index contributed by atoms with van der Waals surface area (Å²) in [6, 6.07) is 0. The molecule has 0 spiro atoms. The first kappa shape index (κ1) is 15.2. The van der Waals surface area contributed by atoms with Gasteiger partial charge in [-0.1, -0.05) is 13.8 Å². The van der Waals surface area contributed by atoms with Crippen LogP contribution in [0.5, 0.6) is 0 Å². The Morgan fingerprint density at radius 3 is 2.13 bits per heavy atom. The molecule has 4 heteroatoms. The van der Waals surface area contributed by atoms with Gasteiger partial charge in [-0.2, -0.15) is 0 Å². The van der Waals surface area contributed by atoms with E-state index >= 15 is 0 Å². The molecule has 0 aromatic rings. The number of rotatable bonds is 8. The minimum Gasteiger partial charge on any atom is -0.391 e. The Bertz CT molecular complexity index is 154. The molecule has 0 radical (unpaired) electrons. The van der Waals surface area contributed by atoms with Crippen molar-refractivity contribution in [1.29, 1.82) is 0 Å². The van der Waals surface area contributed by atoms with E-state index in [1.165, 1.54) is 0 Å². The van der Waals surface area contributed by atoms with Crippen molar-refractivity contribution in [3.63, 3.8) is 0 Å². The number of alkyl halides is 1. The molecule has 0 amide bonds. The Kier molecular flexibility index (Phi) is 8.43. The summed E-state index contributed by atoms with van der Waals surface area (Å²) in [5.74, 6) is 0.936. The normalized spacial score (nSPS) is 14.2. The lowest BCUT2D eigenvalue weighted by Gasteiger charge is -2.27. The minimum absolute atomic E-state index is 0.316. The molecule has 1 unspecified atom stereocenters. The highest BCUT2D eigenvalue weighted by Gasteiger charge is 2.12. The first-order chi connectivity index (χ1) is 6.95. The van der Waals surface area contributed by atoms with Gasteiger partial charge in [0.25, 0.3) is 0 Å². The summed E-state index contributed by atoms with van der Waals surface area (Å²) < 4.78 is 0. The van der Waals surface area contributed by atoms with Crippen LogP contribution in [0.1, 0.15) is 13.8 Å². The number of nitrogens with zero attached hydrogens (tertiary/aromatic N) is 2. The molecule has 0 aliphatic carbocycles. The Balaban J connectivity index is 3.94. The second kappa shape index (κ2) is 8.34. The maximum absolute atomic E-state index is 9.52. The van der Waals surface area contributed by atoms with E-state index < -0.39 is 6.10 Å². The van der Waals surface area contributed by atoms with Crippen LogP contribution in [-0.4, -0.2) is 67.2 Å². The molecular weight excluding hydrogens is 212 g/mol. The highest BCUT2D eigenvalue weighted by Crippen LogP contribution is 2.01. The number of aliphatic hydroxyl groups excluding tert-OH is 1. The molecule has 0 aliphatic heterocycles. The number of hydrogen-bond acceptors (Lipinski definition) is 3. The lowest BCUT2D eigenvalue weighted by atomic mass is 10.2. The van der Waals surface area contributed by atoms with Crippen LogP contribution in [0.2, 0.25) is 0 Å². The molecule has 1 atom stereocenters. The van der Waals surface area contributed by atoms with Crippen LogP contribution in [0.15, 0.2) is 0 Å². The average molecular weight is 237 g/mol. The smallest absolute Gasteiger partial charge is 0.0802 e. The molecule has 15 heavy (non-hydrogen) atoms. The van der Waals surface area contributed by atoms with Gasteiger partial charge in [-0.25, -0.2) is 0 Å². The largest absolute Gasteiger partial charge is 0.391 e. The Morgan fingerprint density at radius 1 is 1.13 bits per heavy atom. The van der Waals surface area contributed by atoms with Gasteiger partial charge < -0.3 is 10.0 Å². The van der Waals surface area contributed by atoms with E-state index in [1.54, 1.807) is 0 Å². The average Bonchev–Trinajstić information content (AvgIpc) is 2.13. The maximum atomic E-state index is 9.52. The standard InChI is InChI=1S/C11H25ClN2O/c1-10(2)8-14(6-5-13(3)4)9-11(15)7-12/h10-11,15H,5-9H2,1-4H3. The van der Waals surface area contributed by atoms with E-state index in [0.29, 0.717) is 18.3 Å². The Labute approximate surface area is 99.0 Å². The summed E-state index contributed by atoms with van der Waals surface area (Å²) in [4.78, 5) is 4.43. The third-order valence-corrected chi connectivity index (χ3v) is 2.49. The van der Waals surface area contributed by atoms with E-state index in [-0.39, 0.29) is 0 Å². The Hall–Kier alpha value is 0.170. The van der Waals surface area contributed by atoms with Gasteiger partial charge in [-0.05, 0) is 20.0 Å². The van der Waals surface area contributed by atoms with E-state index in [0.717, 1.165) is 19.6 Å². The second-order valence-electron chi connectivity index (χ2n) is 4.76. The molecule has 0 bridgehead atoms. The van der Waals surface area contributed by atoms with Crippen LogP contribution in [-0.2, 0) is 0 Å². The van der Waals surface area contributed by atoms with Crippen LogP contribution < -0.4 is 0 Å². The summed E-state index contributed by atoms with van der Waals surface area (Å²) in [7, 11) is 4.12. The molecule has 0 fully saturated rings. The van der Waals surface area contributed by atoms with E-state index in [9.17, 15) is 5.11 Å². The fourth-order valence-corrected chi connectivity index (χ4v) is 1.56. The van der Waals surface area contributed by atoms with Crippen molar-refractivity contribution in [2.75, 3.05) is 46.2 Å². The molecule has 92 valence electrons. The molecule has 0 aromatic heterocycles. The van der Waals surface area contributed by atoms with Crippen LogP contribution in [0.4, 0.5) is 0 Å². The number of likely N-dealkylation sites (N-methyl/N-ethyl adjacent to an activating group) is 1. The molecule has 0 saturated heterocycles. The summed E-state index contributed by atoms with van der Waals surface area (Å²) >= 11 is 5.61. The van der Waals surface area contributed by atoms with Crippen molar-refractivity contribution in [1.82, 2.24) is 9.80 Å². The Morgan fingerprint density at radius 2 is 1.73 bits per heavy atom. The van der Waals surface area contributed by atoms with Gasteiger partial charge in [0, 0.05) is 32.1 Å². The number of halogens is 1. The maximum Gasteiger partial charge on any atom is 0.0802 e. The highest BCUT2D eigenvalue weighted by atomic mass is 35.5. The predicted octanol–water partition coefficient (Wildman–Crippen LogP) is 1.11. The molecule has 0 aromatic carbocycles. The van der Waals surface area contributed by atoms with Gasteiger partial charge in [0.1, 0.15) is 0 Å². The van der Waals surface area contributed by atoms with Gasteiger partial charge in [-0.15, -0.1) is 11.6 Å². The van der Waals surface area contributed by atoms with Crippen LogP contribution in [0.25, 0.3) is 0 Å². The molecule has 0 aliphatic rings. The van der Waals surface area contributed by atoms with Crippen LogP contribution in [0, 0.1) is 5.92 Å². The monoisotopic (exact) mass is 236 g/mol. The van der Waals surface area contributed by atoms with Crippen molar-refractivity contribution in [2.45, 2.75) is 20.0 Å². The molecule has 0 saturated carbocycles. The molecule has 0 heterocycles. The zero-order chi connectivity index (χ0) is 11.8. The topological polar surface area (TPSA) is 26.7 Å². The van der Waals surface area contributed by atoms with Gasteiger partial charge in [0.2, 0.25) is 0 Å². The minimum atomic E-state index is -0.410. The summed E-state index contributed by atoms with van der Waals surface area (Å²) in [5, 5.41) is 9.52. The highest BCUT2D eigenvalue weighted by molar-refractivity contribution is 6.18. The zero-order valence-electron chi connectivity index (χ0n) is 10.4. The fourth-order valence-electron chi connectivity index (χ4n) is 1.46. The molecule has 1 N–H and O–H groups in total. The third-order valence-electron chi connectivity index (χ3n) is 2.13. The van der Waals surface area contributed by atoms with Crippen molar-refractivity contribution >= 4 is 11.6 Å².